The van der Waals surface area contributed by atoms with Gasteiger partial charge < -0.3 is 14.5 Å². The first kappa shape index (κ1) is 20.3. The lowest BCUT2D eigenvalue weighted by Crippen LogP contribution is -2.36. The summed E-state index contributed by atoms with van der Waals surface area (Å²) in [5.74, 6) is 1.60. The zero-order valence-corrected chi connectivity index (χ0v) is 19.2. The number of benzene rings is 2. The van der Waals surface area contributed by atoms with E-state index in [2.05, 4.69) is 93.7 Å². The zero-order chi connectivity index (χ0) is 20.2. The summed E-state index contributed by atoms with van der Waals surface area (Å²) in [7, 11) is 0. The van der Waals surface area contributed by atoms with Crippen molar-refractivity contribution in [3.05, 3.63) is 52.4 Å². The first-order valence-electron chi connectivity index (χ1n) is 10.2. The molecule has 0 spiro atoms. The molecule has 3 aromatic rings. The molecule has 2 aromatic carbocycles. The summed E-state index contributed by atoms with van der Waals surface area (Å²) < 4.78 is 6.67. The van der Waals surface area contributed by atoms with Crippen molar-refractivity contribution in [2.75, 3.05) is 42.6 Å². The second-order valence-corrected chi connectivity index (χ2v) is 9.05. The molecule has 1 aliphatic heterocycles. The topological polar surface area (TPSA) is 41.5 Å². The highest BCUT2D eigenvalue weighted by Crippen LogP contribution is 2.32. The average molecular weight is 502 g/mol. The Hall–Kier alpha value is -1.93. The molecular formula is C23H27IN4O. The number of aromatic nitrogens is 2. The van der Waals surface area contributed by atoms with Gasteiger partial charge in [-0.3, -0.25) is 0 Å². The lowest BCUT2D eigenvalue weighted by molar-refractivity contribution is 0.122. The third-order valence-electron chi connectivity index (χ3n) is 5.30. The molecular weight excluding hydrogens is 475 g/mol. The second-order valence-electron chi connectivity index (χ2n) is 7.81. The molecule has 0 amide bonds. The summed E-state index contributed by atoms with van der Waals surface area (Å²) in [6.07, 6.45) is 2.77. The molecule has 6 heteroatoms. The van der Waals surface area contributed by atoms with Gasteiger partial charge in [0.1, 0.15) is 12.1 Å². The molecule has 4 rings (SSSR count). The molecule has 0 radical (unpaired) electrons. The van der Waals surface area contributed by atoms with Crippen LogP contribution in [0.4, 0.5) is 17.2 Å². The molecule has 1 aromatic heterocycles. The Labute approximate surface area is 186 Å². The number of fused-ring (bicyclic) bond motifs is 1. The van der Waals surface area contributed by atoms with Gasteiger partial charge in [0.2, 0.25) is 0 Å². The summed E-state index contributed by atoms with van der Waals surface area (Å²) in [6, 6.07) is 15.2. The van der Waals surface area contributed by atoms with E-state index in [-0.39, 0.29) is 0 Å². The lowest BCUT2D eigenvalue weighted by Gasteiger charge is -2.30. The molecule has 1 aliphatic rings. The summed E-state index contributed by atoms with van der Waals surface area (Å²) in [5, 5.41) is 1.10. The van der Waals surface area contributed by atoms with E-state index in [9.17, 15) is 0 Å². The van der Waals surface area contributed by atoms with Crippen molar-refractivity contribution < 1.29 is 4.74 Å². The summed E-state index contributed by atoms with van der Waals surface area (Å²) in [5.41, 5.74) is 3.40. The maximum Gasteiger partial charge on any atom is 0.144 e. The van der Waals surface area contributed by atoms with Crippen LogP contribution in [0.25, 0.3) is 10.9 Å². The van der Waals surface area contributed by atoms with Crippen LogP contribution in [-0.2, 0) is 4.74 Å². The van der Waals surface area contributed by atoms with Crippen LogP contribution in [0.2, 0.25) is 0 Å². The normalized spacial score (nSPS) is 14.6. The Bertz CT molecular complexity index is 955. The maximum atomic E-state index is 5.48. The number of ether oxygens (including phenoxy) is 1. The number of morpholine rings is 1. The number of hydrogen-bond donors (Lipinski definition) is 0. The van der Waals surface area contributed by atoms with E-state index in [0.29, 0.717) is 5.92 Å². The fraction of sp³-hybridized carbons (Fsp3) is 0.391. The minimum atomic E-state index is 0.623. The molecule has 5 nitrogen and oxygen atoms in total. The number of anilines is 3. The maximum absolute atomic E-state index is 5.48. The highest BCUT2D eigenvalue weighted by molar-refractivity contribution is 14.1. The Morgan fingerprint density at radius 1 is 1.07 bits per heavy atom. The standard InChI is InChI=1S/C23H27IN4O/c1-17(2)9-10-28(23-21-15-18(24)3-8-22(21)25-16-26-23)20-6-4-19(5-7-20)27-11-13-29-14-12-27/h3-8,15-17H,9-14H2,1-2H3. The van der Waals surface area contributed by atoms with Crippen LogP contribution < -0.4 is 9.80 Å². The predicted octanol–water partition coefficient (Wildman–Crippen LogP) is 5.26. The SMILES string of the molecule is CC(C)CCN(c1ccc(N2CCOCC2)cc1)c1ncnc2ccc(I)cc12. The molecule has 0 atom stereocenters. The van der Waals surface area contributed by atoms with Gasteiger partial charge in [-0.05, 0) is 77.4 Å². The fourth-order valence-electron chi connectivity index (χ4n) is 3.64. The predicted molar refractivity (Wildman–Crippen MR) is 128 cm³/mol. The zero-order valence-electron chi connectivity index (χ0n) is 17.0. The molecule has 0 aliphatic carbocycles. The smallest absolute Gasteiger partial charge is 0.144 e. The average Bonchev–Trinajstić information content (AvgIpc) is 2.75. The van der Waals surface area contributed by atoms with E-state index in [0.717, 1.165) is 56.0 Å². The molecule has 2 heterocycles. The monoisotopic (exact) mass is 502 g/mol. The molecule has 0 N–H and O–H groups in total. The Kier molecular flexibility index (Phi) is 6.50. The van der Waals surface area contributed by atoms with Crippen LogP contribution in [0.1, 0.15) is 20.3 Å². The quantitative estimate of drug-likeness (QED) is 0.431. The Morgan fingerprint density at radius 3 is 2.55 bits per heavy atom. The van der Waals surface area contributed by atoms with E-state index >= 15 is 0 Å². The lowest BCUT2D eigenvalue weighted by atomic mass is 10.1. The summed E-state index contributed by atoms with van der Waals surface area (Å²) in [6.45, 7) is 8.95. The molecule has 1 saturated heterocycles. The number of hydrogen-bond acceptors (Lipinski definition) is 5. The molecule has 29 heavy (non-hydrogen) atoms. The van der Waals surface area contributed by atoms with Crippen molar-refractivity contribution in [3.8, 4) is 0 Å². The summed E-state index contributed by atoms with van der Waals surface area (Å²) in [4.78, 5) is 13.9. The van der Waals surface area contributed by atoms with Gasteiger partial charge in [0, 0.05) is 40.0 Å². The number of rotatable bonds is 6. The first-order valence-corrected chi connectivity index (χ1v) is 11.3. The number of nitrogens with zero attached hydrogens (tertiary/aromatic N) is 4. The Morgan fingerprint density at radius 2 is 1.83 bits per heavy atom. The van der Waals surface area contributed by atoms with Crippen molar-refractivity contribution in [3.63, 3.8) is 0 Å². The van der Waals surface area contributed by atoms with Gasteiger partial charge in [-0.2, -0.15) is 0 Å². The van der Waals surface area contributed by atoms with Crippen molar-refractivity contribution in [1.29, 1.82) is 0 Å². The third kappa shape index (κ3) is 4.80. The van der Waals surface area contributed by atoms with Crippen molar-refractivity contribution in [1.82, 2.24) is 9.97 Å². The van der Waals surface area contributed by atoms with Gasteiger partial charge in [-0.25, -0.2) is 9.97 Å². The largest absolute Gasteiger partial charge is 0.378 e. The van der Waals surface area contributed by atoms with Crippen LogP contribution >= 0.6 is 22.6 Å². The third-order valence-corrected chi connectivity index (χ3v) is 5.97. The van der Waals surface area contributed by atoms with Gasteiger partial charge in [0.15, 0.2) is 0 Å². The number of halogens is 1. The van der Waals surface area contributed by atoms with Crippen molar-refractivity contribution >= 4 is 50.7 Å². The summed E-state index contributed by atoms with van der Waals surface area (Å²) >= 11 is 2.35. The molecule has 0 saturated carbocycles. The van der Waals surface area contributed by atoms with Crippen molar-refractivity contribution in [2.24, 2.45) is 5.92 Å². The van der Waals surface area contributed by atoms with Crippen LogP contribution in [-0.4, -0.2) is 42.8 Å². The van der Waals surface area contributed by atoms with E-state index in [4.69, 9.17) is 9.72 Å². The molecule has 0 unspecified atom stereocenters. The molecule has 0 bridgehead atoms. The van der Waals surface area contributed by atoms with E-state index in [1.54, 1.807) is 6.33 Å². The molecule has 1 fully saturated rings. The van der Waals surface area contributed by atoms with E-state index in [1.165, 1.54) is 14.9 Å². The first-order chi connectivity index (χ1) is 14.1. The van der Waals surface area contributed by atoms with Gasteiger partial charge in [-0.1, -0.05) is 13.8 Å². The van der Waals surface area contributed by atoms with E-state index in [1.807, 2.05) is 0 Å². The van der Waals surface area contributed by atoms with Gasteiger partial charge >= 0.3 is 0 Å². The van der Waals surface area contributed by atoms with Crippen molar-refractivity contribution in [2.45, 2.75) is 20.3 Å². The van der Waals surface area contributed by atoms with Gasteiger partial charge in [-0.15, -0.1) is 0 Å². The minimum absolute atomic E-state index is 0.623. The van der Waals surface area contributed by atoms with E-state index < -0.39 is 0 Å². The second kappa shape index (κ2) is 9.26. The Balaban J connectivity index is 1.70. The van der Waals surface area contributed by atoms with Crippen LogP contribution in [0.15, 0.2) is 48.8 Å². The van der Waals surface area contributed by atoms with Crippen LogP contribution in [0.3, 0.4) is 0 Å². The van der Waals surface area contributed by atoms with Gasteiger partial charge in [0.05, 0.1) is 18.7 Å². The highest BCUT2D eigenvalue weighted by atomic mass is 127. The highest BCUT2D eigenvalue weighted by Gasteiger charge is 2.17. The molecule has 152 valence electrons. The van der Waals surface area contributed by atoms with Crippen LogP contribution in [0.5, 0.6) is 0 Å². The fourth-order valence-corrected chi connectivity index (χ4v) is 4.13. The van der Waals surface area contributed by atoms with Gasteiger partial charge in [0.25, 0.3) is 0 Å². The minimum Gasteiger partial charge on any atom is -0.378 e. The van der Waals surface area contributed by atoms with Crippen LogP contribution in [0, 0.1) is 9.49 Å².